The maximum absolute atomic E-state index is 11.7. The van der Waals surface area contributed by atoms with Crippen LogP contribution in [0.3, 0.4) is 0 Å². The number of esters is 2. The number of aliphatic hydroxyl groups excluding tert-OH is 1. The van der Waals surface area contributed by atoms with E-state index in [1.807, 2.05) is 0 Å². The van der Waals surface area contributed by atoms with E-state index in [1.54, 1.807) is 27.7 Å². The van der Waals surface area contributed by atoms with Gasteiger partial charge >= 0.3 is 18.0 Å². The second-order valence-corrected chi connectivity index (χ2v) is 5.28. The summed E-state index contributed by atoms with van der Waals surface area (Å²) in [7, 11) is 0. The van der Waals surface area contributed by atoms with Gasteiger partial charge in [0.1, 0.15) is 5.60 Å². The summed E-state index contributed by atoms with van der Waals surface area (Å²) in [5.41, 5.74) is -0.748. The van der Waals surface area contributed by atoms with Crippen LogP contribution in [0.25, 0.3) is 0 Å². The van der Waals surface area contributed by atoms with Crippen LogP contribution in [0.4, 0.5) is 4.79 Å². The molecule has 1 amide bonds. The zero-order chi connectivity index (χ0) is 16.6. The van der Waals surface area contributed by atoms with E-state index in [9.17, 15) is 19.5 Å². The quantitative estimate of drug-likeness (QED) is 0.538. The van der Waals surface area contributed by atoms with E-state index < -0.39 is 42.4 Å². The lowest BCUT2D eigenvalue weighted by molar-refractivity contribution is -0.161. The van der Waals surface area contributed by atoms with Gasteiger partial charge in [-0.15, -0.1) is 0 Å². The number of hydrogen-bond donors (Lipinski definition) is 2. The number of aliphatic hydroxyl groups is 1. The molecule has 0 radical (unpaired) electrons. The van der Waals surface area contributed by atoms with Crippen LogP contribution in [0.5, 0.6) is 0 Å². The van der Waals surface area contributed by atoms with Gasteiger partial charge in [-0.25, -0.2) is 14.4 Å². The molecule has 21 heavy (non-hydrogen) atoms. The summed E-state index contributed by atoms with van der Waals surface area (Å²) >= 11 is 0. The zero-order valence-corrected chi connectivity index (χ0v) is 13.0. The third-order valence-electron chi connectivity index (χ3n) is 2.05. The van der Waals surface area contributed by atoms with Crippen molar-refractivity contribution in [2.45, 2.75) is 52.4 Å². The molecule has 8 nitrogen and oxygen atoms in total. The minimum absolute atomic E-state index is 0.159. The average molecular weight is 305 g/mol. The highest BCUT2D eigenvalue weighted by atomic mass is 16.6. The van der Waals surface area contributed by atoms with Gasteiger partial charge in [-0.1, -0.05) is 0 Å². The minimum atomic E-state index is -1.34. The van der Waals surface area contributed by atoms with Gasteiger partial charge < -0.3 is 24.6 Å². The highest BCUT2D eigenvalue weighted by Gasteiger charge is 2.29. The summed E-state index contributed by atoms with van der Waals surface area (Å²) in [6, 6.07) is -1.34. The van der Waals surface area contributed by atoms with E-state index in [4.69, 9.17) is 4.74 Å². The number of amides is 1. The van der Waals surface area contributed by atoms with Gasteiger partial charge in [0.15, 0.2) is 12.6 Å². The molecule has 0 spiro atoms. The predicted octanol–water partition coefficient (Wildman–Crippen LogP) is 0.367. The molecule has 0 saturated carbocycles. The van der Waals surface area contributed by atoms with Crippen molar-refractivity contribution in [2.24, 2.45) is 0 Å². The van der Waals surface area contributed by atoms with Gasteiger partial charge in [0.2, 0.25) is 0 Å². The average Bonchev–Trinajstić information content (AvgIpc) is 2.31. The summed E-state index contributed by atoms with van der Waals surface area (Å²) in [6.45, 7) is 7.45. The van der Waals surface area contributed by atoms with Gasteiger partial charge in [-0.3, -0.25) is 0 Å². The fourth-order valence-electron chi connectivity index (χ4n) is 1.23. The lowest BCUT2D eigenvalue weighted by atomic mass is 10.2. The minimum Gasteiger partial charge on any atom is -0.463 e. The number of hydrogen-bond acceptors (Lipinski definition) is 7. The Labute approximate surface area is 123 Å². The second kappa shape index (κ2) is 8.46. The largest absolute Gasteiger partial charge is 0.463 e. The fraction of sp³-hybridized carbons (Fsp3) is 0.769. The van der Waals surface area contributed by atoms with Gasteiger partial charge in [0.25, 0.3) is 0 Å². The Morgan fingerprint density at radius 2 is 1.76 bits per heavy atom. The number of rotatable bonds is 6. The molecule has 2 atom stereocenters. The van der Waals surface area contributed by atoms with E-state index >= 15 is 0 Å². The maximum atomic E-state index is 11.7. The molecule has 0 saturated heterocycles. The van der Waals surface area contributed by atoms with Crippen molar-refractivity contribution in [3.8, 4) is 0 Å². The van der Waals surface area contributed by atoms with Crippen molar-refractivity contribution in [3.63, 3.8) is 0 Å². The molecule has 0 aliphatic heterocycles. The van der Waals surface area contributed by atoms with E-state index in [-0.39, 0.29) is 6.61 Å². The van der Waals surface area contributed by atoms with E-state index in [0.717, 1.165) is 0 Å². The van der Waals surface area contributed by atoms with Crippen LogP contribution in [0, 0.1) is 0 Å². The van der Waals surface area contributed by atoms with Crippen LogP contribution in [-0.2, 0) is 23.8 Å². The number of carbonyl (C=O) groups is 3. The van der Waals surface area contributed by atoms with Crippen molar-refractivity contribution in [2.75, 3.05) is 13.2 Å². The molecule has 0 bridgehead atoms. The number of carbonyl (C=O) groups excluding carboxylic acids is 3. The van der Waals surface area contributed by atoms with Crippen LogP contribution >= 0.6 is 0 Å². The molecule has 2 N–H and O–H groups in total. The Morgan fingerprint density at radius 3 is 2.19 bits per heavy atom. The van der Waals surface area contributed by atoms with Gasteiger partial charge in [0, 0.05) is 0 Å². The summed E-state index contributed by atoms with van der Waals surface area (Å²) < 4.78 is 14.2. The van der Waals surface area contributed by atoms with E-state index in [1.165, 1.54) is 6.92 Å². The van der Waals surface area contributed by atoms with Crippen molar-refractivity contribution in [3.05, 3.63) is 0 Å². The van der Waals surface area contributed by atoms with Gasteiger partial charge in [0.05, 0.1) is 12.7 Å². The number of alkyl carbamates (subject to hydrolysis) is 1. The first-order valence-corrected chi connectivity index (χ1v) is 6.56. The topological polar surface area (TPSA) is 111 Å². The first-order valence-electron chi connectivity index (χ1n) is 6.56. The fourth-order valence-corrected chi connectivity index (χ4v) is 1.23. The molecule has 0 aromatic heterocycles. The second-order valence-electron chi connectivity index (χ2n) is 5.28. The summed E-state index contributed by atoms with van der Waals surface area (Å²) in [5.74, 6) is -1.67. The summed E-state index contributed by atoms with van der Waals surface area (Å²) in [4.78, 5) is 34.4. The molecule has 0 aliphatic carbocycles. The molecular weight excluding hydrogens is 282 g/mol. The Hall–Kier alpha value is -1.83. The standard InChI is InChI=1S/C13H23NO7/c1-6-19-9(16)7-20-11(17)10(8(2)15)14-12(18)21-13(3,4)5/h8,10,15H,6-7H2,1-5H3,(H,14,18)/t8-,10+/m1/s1. The van der Waals surface area contributed by atoms with Crippen LogP contribution < -0.4 is 5.32 Å². The third kappa shape index (κ3) is 8.85. The van der Waals surface area contributed by atoms with Crippen LogP contribution in [0.2, 0.25) is 0 Å². The first kappa shape index (κ1) is 19.2. The predicted molar refractivity (Wildman–Crippen MR) is 72.4 cm³/mol. The summed E-state index contributed by atoms with van der Waals surface area (Å²) in [6.07, 6.45) is -2.09. The highest BCUT2D eigenvalue weighted by molar-refractivity contribution is 5.83. The van der Waals surface area contributed by atoms with E-state index in [0.29, 0.717) is 0 Å². The Bertz CT molecular complexity index is 373. The van der Waals surface area contributed by atoms with Gasteiger partial charge in [-0.05, 0) is 34.6 Å². The highest BCUT2D eigenvalue weighted by Crippen LogP contribution is 2.07. The molecule has 8 heteroatoms. The lowest BCUT2D eigenvalue weighted by Gasteiger charge is -2.24. The Kier molecular flexibility index (Phi) is 7.72. The van der Waals surface area contributed by atoms with Crippen molar-refractivity contribution >= 4 is 18.0 Å². The SMILES string of the molecule is CCOC(=O)COC(=O)[C@@H](NC(=O)OC(C)(C)C)[C@@H](C)O. The summed E-state index contributed by atoms with van der Waals surface area (Å²) in [5, 5.41) is 11.7. The molecule has 0 aromatic carbocycles. The van der Waals surface area contributed by atoms with Crippen LogP contribution in [0.15, 0.2) is 0 Å². The smallest absolute Gasteiger partial charge is 0.408 e. The van der Waals surface area contributed by atoms with E-state index in [2.05, 4.69) is 14.8 Å². The molecule has 0 fully saturated rings. The molecule has 0 heterocycles. The normalized spacial score (nSPS) is 13.8. The third-order valence-corrected chi connectivity index (χ3v) is 2.05. The number of ether oxygens (including phenoxy) is 3. The lowest BCUT2D eigenvalue weighted by Crippen LogP contribution is -2.50. The van der Waals surface area contributed by atoms with Crippen LogP contribution in [0.1, 0.15) is 34.6 Å². The first-order chi connectivity index (χ1) is 9.56. The Balaban J connectivity index is 4.51. The molecule has 0 rings (SSSR count). The molecule has 0 aromatic rings. The molecule has 122 valence electrons. The molecule has 0 aliphatic rings. The van der Waals surface area contributed by atoms with Crippen molar-refractivity contribution < 1.29 is 33.7 Å². The molecular formula is C13H23NO7. The maximum Gasteiger partial charge on any atom is 0.408 e. The van der Waals surface area contributed by atoms with Crippen molar-refractivity contribution in [1.29, 1.82) is 0 Å². The molecule has 0 unspecified atom stereocenters. The number of nitrogens with one attached hydrogen (secondary N) is 1. The van der Waals surface area contributed by atoms with Crippen LogP contribution in [-0.4, -0.2) is 54.1 Å². The van der Waals surface area contributed by atoms with Gasteiger partial charge in [-0.2, -0.15) is 0 Å². The monoisotopic (exact) mass is 305 g/mol. The van der Waals surface area contributed by atoms with Crippen molar-refractivity contribution in [1.82, 2.24) is 5.32 Å². The zero-order valence-electron chi connectivity index (χ0n) is 13.0. The Morgan fingerprint density at radius 1 is 1.19 bits per heavy atom.